The summed E-state index contributed by atoms with van der Waals surface area (Å²) in [4.78, 5) is 12.1. The first-order chi connectivity index (χ1) is 13.3. The van der Waals surface area contributed by atoms with Gasteiger partial charge in [-0.3, -0.25) is 14.3 Å². The van der Waals surface area contributed by atoms with Gasteiger partial charge in [0.2, 0.25) is 0 Å². The lowest BCUT2D eigenvalue weighted by atomic mass is 9.90. The van der Waals surface area contributed by atoms with Crippen molar-refractivity contribution in [3.63, 3.8) is 0 Å². The van der Waals surface area contributed by atoms with Gasteiger partial charge >= 0.3 is 0 Å². The second kappa shape index (κ2) is 8.06. The number of unbranched alkanes of at least 4 members (excludes halogenated alkanes) is 1. The van der Waals surface area contributed by atoms with Crippen LogP contribution in [0, 0.1) is 0 Å². The van der Waals surface area contributed by atoms with Crippen LogP contribution in [0.4, 0.5) is 5.82 Å². The molecule has 0 bridgehead atoms. The predicted molar refractivity (Wildman–Crippen MR) is 108 cm³/mol. The molecule has 1 aliphatic carbocycles. The van der Waals surface area contributed by atoms with Gasteiger partial charge in [-0.2, -0.15) is 0 Å². The minimum absolute atomic E-state index is 0.342. The van der Waals surface area contributed by atoms with Crippen molar-refractivity contribution in [1.82, 2.24) is 19.3 Å². The first kappa shape index (κ1) is 17.9. The molecule has 4 N–H and O–H groups in total. The standard InChI is InChI=1S/C21H28N6/c22-11-1-2-13-26(18-8-3-6-16-7-5-12-24-21(16)18)14-17-15-27-19(23)9-4-10-20(27)25-17/h4-5,7,9-10,12,15,18H,1-3,6,8,11,13-14,22-23H2. The van der Waals surface area contributed by atoms with E-state index in [0.29, 0.717) is 11.9 Å². The highest BCUT2D eigenvalue weighted by Gasteiger charge is 2.27. The molecule has 0 aromatic carbocycles. The molecular formula is C21H28N6. The lowest BCUT2D eigenvalue weighted by Crippen LogP contribution is -2.33. The molecule has 1 aliphatic rings. The summed E-state index contributed by atoms with van der Waals surface area (Å²) < 4.78 is 1.96. The number of pyridine rings is 2. The molecular weight excluding hydrogens is 336 g/mol. The monoisotopic (exact) mass is 364 g/mol. The van der Waals surface area contributed by atoms with E-state index in [4.69, 9.17) is 21.4 Å². The highest BCUT2D eigenvalue weighted by Crippen LogP contribution is 2.33. The predicted octanol–water partition coefficient (Wildman–Crippen LogP) is 2.93. The van der Waals surface area contributed by atoms with Gasteiger partial charge in [0.25, 0.3) is 0 Å². The van der Waals surface area contributed by atoms with Crippen molar-refractivity contribution in [2.24, 2.45) is 5.73 Å². The van der Waals surface area contributed by atoms with E-state index in [1.807, 2.05) is 34.9 Å². The fraction of sp³-hybridized carbons (Fsp3) is 0.429. The van der Waals surface area contributed by atoms with Gasteiger partial charge in [-0.15, -0.1) is 0 Å². The summed E-state index contributed by atoms with van der Waals surface area (Å²) >= 11 is 0. The zero-order valence-corrected chi connectivity index (χ0v) is 15.7. The molecule has 0 spiro atoms. The van der Waals surface area contributed by atoms with E-state index in [2.05, 4.69) is 17.2 Å². The summed E-state index contributed by atoms with van der Waals surface area (Å²) in [5.74, 6) is 0.714. The normalized spacial score (nSPS) is 16.7. The zero-order chi connectivity index (χ0) is 18.6. The van der Waals surface area contributed by atoms with Crippen LogP contribution in [0.25, 0.3) is 5.65 Å². The number of imidazole rings is 1. The number of nitrogen functional groups attached to an aromatic ring is 1. The Morgan fingerprint density at radius 1 is 1.19 bits per heavy atom. The van der Waals surface area contributed by atoms with Crippen LogP contribution < -0.4 is 11.5 Å². The SMILES string of the molecule is NCCCCN(Cc1cn2c(N)cccc2n1)C1CCCc2cccnc21. The molecule has 6 heteroatoms. The van der Waals surface area contributed by atoms with Crippen LogP contribution in [0.3, 0.4) is 0 Å². The highest BCUT2D eigenvalue weighted by molar-refractivity contribution is 5.48. The first-order valence-corrected chi connectivity index (χ1v) is 9.86. The molecule has 0 aliphatic heterocycles. The number of fused-ring (bicyclic) bond motifs is 2. The van der Waals surface area contributed by atoms with Crippen LogP contribution in [0.15, 0.2) is 42.7 Å². The van der Waals surface area contributed by atoms with E-state index in [1.165, 1.54) is 17.7 Å². The quantitative estimate of drug-likeness (QED) is 0.630. The Bertz CT molecular complexity index is 903. The summed E-state index contributed by atoms with van der Waals surface area (Å²) in [6.07, 6.45) is 9.57. The van der Waals surface area contributed by atoms with Gasteiger partial charge in [-0.05, 0) is 69.0 Å². The van der Waals surface area contributed by atoms with Crippen molar-refractivity contribution < 1.29 is 0 Å². The smallest absolute Gasteiger partial charge is 0.138 e. The second-order valence-electron chi connectivity index (χ2n) is 7.33. The molecule has 0 fully saturated rings. The maximum atomic E-state index is 6.09. The van der Waals surface area contributed by atoms with Crippen molar-refractivity contribution in [1.29, 1.82) is 0 Å². The highest BCUT2D eigenvalue weighted by atomic mass is 15.2. The van der Waals surface area contributed by atoms with E-state index in [9.17, 15) is 0 Å². The van der Waals surface area contributed by atoms with Gasteiger partial charge in [0.1, 0.15) is 11.5 Å². The first-order valence-electron chi connectivity index (χ1n) is 9.86. The van der Waals surface area contributed by atoms with E-state index < -0.39 is 0 Å². The molecule has 1 unspecified atom stereocenters. The molecule has 6 nitrogen and oxygen atoms in total. The number of hydrogen-bond donors (Lipinski definition) is 2. The van der Waals surface area contributed by atoms with Crippen LogP contribution in [0.5, 0.6) is 0 Å². The lowest BCUT2D eigenvalue weighted by Gasteiger charge is -2.34. The van der Waals surface area contributed by atoms with Gasteiger partial charge in [-0.1, -0.05) is 12.1 Å². The summed E-state index contributed by atoms with van der Waals surface area (Å²) in [6.45, 7) is 2.53. The molecule has 3 aromatic heterocycles. The Balaban J connectivity index is 1.62. The van der Waals surface area contributed by atoms with Crippen molar-refractivity contribution in [3.05, 3.63) is 59.7 Å². The van der Waals surface area contributed by atoms with Gasteiger partial charge < -0.3 is 11.5 Å². The van der Waals surface area contributed by atoms with Crippen molar-refractivity contribution >= 4 is 11.5 Å². The maximum absolute atomic E-state index is 6.09. The van der Waals surface area contributed by atoms with Crippen LogP contribution in [0.1, 0.15) is 48.7 Å². The molecule has 3 heterocycles. The van der Waals surface area contributed by atoms with Crippen LogP contribution >= 0.6 is 0 Å². The molecule has 4 rings (SSSR count). The third kappa shape index (κ3) is 3.82. The summed E-state index contributed by atoms with van der Waals surface area (Å²) in [6, 6.07) is 10.5. The van der Waals surface area contributed by atoms with E-state index in [1.54, 1.807) is 0 Å². The fourth-order valence-corrected chi connectivity index (χ4v) is 4.11. The van der Waals surface area contributed by atoms with Gasteiger partial charge in [0.15, 0.2) is 0 Å². The molecule has 0 saturated heterocycles. The average Bonchev–Trinajstić information content (AvgIpc) is 3.11. The van der Waals surface area contributed by atoms with Crippen LogP contribution in [-0.2, 0) is 13.0 Å². The minimum atomic E-state index is 0.342. The summed E-state index contributed by atoms with van der Waals surface area (Å²) in [7, 11) is 0. The largest absolute Gasteiger partial charge is 0.385 e. The lowest BCUT2D eigenvalue weighted by molar-refractivity contribution is 0.161. The average molecular weight is 364 g/mol. The fourth-order valence-electron chi connectivity index (χ4n) is 4.11. The molecule has 0 radical (unpaired) electrons. The van der Waals surface area contributed by atoms with Crippen LogP contribution in [-0.4, -0.2) is 32.4 Å². The summed E-state index contributed by atoms with van der Waals surface area (Å²) in [5, 5.41) is 0. The molecule has 0 amide bonds. The maximum Gasteiger partial charge on any atom is 0.138 e. The number of hydrogen-bond acceptors (Lipinski definition) is 5. The number of nitrogens with two attached hydrogens (primary N) is 2. The number of aromatic nitrogens is 3. The molecule has 3 aromatic rings. The molecule has 142 valence electrons. The number of anilines is 1. The Morgan fingerprint density at radius 3 is 2.96 bits per heavy atom. The zero-order valence-electron chi connectivity index (χ0n) is 15.7. The van der Waals surface area contributed by atoms with E-state index in [-0.39, 0.29) is 0 Å². The Morgan fingerprint density at radius 2 is 2.11 bits per heavy atom. The van der Waals surface area contributed by atoms with Gasteiger partial charge in [-0.25, -0.2) is 4.98 Å². The van der Waals surface area contributed by atoms with E-state index in [0.717, 1.165) is 56.7 Å². The Hall–Kier alpha value is -2.44. The van der Waals surface area contributed by atoms with Gasteiger partial charge in [0.05, 0.1) is 17.4 Å². The molecule has 27 heavy (non-hydrogen) atoms. The third-order valence-corrected chi connectivity index (χ3v) is 5.44. The van der Waals surface area contributed by atoms with Crippen molar-refractivity contribution in [3.8, 4) is 0 Å². The van der Waals surface area contributed by atoms with Crippen LogP contribution in [0.2, 0.25) is 0 Å². The second-order valence-corrected chi connectivity index (χ2v) is 7.33. The number of aryl methyl sites for hydroxylation is 1. The molecule has 0 saturated carbocycles. The van der Waals surface area contributed by atoms with Crippen molar-refractivity contribution in [2.75, 3.05) is 18.8 Å². The third-order valence-electron chi connectivity index (χ3n) is 5.44. The summed E-state index contributed by atoms with van der Waals surface area (Å²) in [5.41, 5.74) is 16.4. The number of nitrogens with zero attached hydrogens (tertiary/aromatic N) is 4. The van der Waals surface area contributed by atoms with E-state index >= 15 is 0 Å². The molecule has 1 atom stereocenters. The van der Waals surface area contributed by atoms with Gasteiger partial charge in [0, 0.05) is 18.9 Å². The van der Waals surface area contributed by atoms with Crippen molar-refractivity contribution in [2.45, 2.75) is 44.7 Å². The Labute approximate surface area is 160 Å². The Kier molecular flexibility index (Phi) is 5.36. The topological polar surface area (TPSA) is 85.5 Å². The number of rotatable bonds is 7. The minimum Gasteiger partial charge on any atom is -0.385 e.